The van der Waals surface area contributed by atoms with Gasteiger partial charge in [-0.2, -0.15) is 18.3 Å². The van der Waals surface area contributed by atoms with Crippen LogP contribution in [0.15, 0.2) is 42.9 Å². The maximum Gasteiger partial charge on any atom is 0.435 e. The molecule has 4 heterocycles. The lowest BCUT2D eigenvalue weighted by Gasteiger charge is -2.22. The van der Waals surface area contributed by atoms with Crippen molar-refractivity contribution in [2.45, 2.75) is 25.1 Å². The van der Waals surface area contributed by atoms with Crippen molar-refractivity contribution in [3.63, 3.8) is 0 Å². The number of aryl methyl sites for hydroxylation is 1. The number of alkyl halides is 3. The monoisotopic (exact) mass is 446 g/mol. The van der Waals surface area contributed by atoms with Gasteiger partial charge in [-0.15, -0.1) is 0 Å². The van der Waals surface area contributed by atoms with Crippen molar-refractivity contribution in [1.82, 2.24) is 19.7 Å². The molecule has 0 bridgehead atoms. The van der Waals surface area contributed by atoms with E-state index in [2.05, 4.69) is 20.4 Å². The third-order valence-corrected chi connectivity index (χ3v) is 5.19. The van der Waals surface area contributed by atoms with Crippen LogP contribution in [-0.4, -0.2) is 49.5 Å². The van der Waals surface area contributed by atoms with Gasteiger partial charge in [0.25, 0.3) is 5.91 Å². The Bertz CT molecular complexity index is 1160. The molecule has 32 heavy (non-hydrogen) atoms. The van der Waals surface area contributed by atoms with Crippen molar-refractivity contribution in [1.29, 1.82) is 0 Å². The Kier molecular flexibility index (Phi) is 5.37. The summed E-state index contributed by atoms with van der Waals surface area (Å²) < 4.78 is 42.2. The first-order valence-electron chi connectivity index (χ1n) is 9.84. The Labute approximate surface area is 181 Å². The van der Waals surface area contributed by atoms with E-state index in [1.54, 1.807) is 48.1 Å². The molecule has 11 heteroatoms. The summed E-state index contributed by atoms with van der Waals surface area (Å²) in [6.07, 6.45) is 0.0961. The Morgan fingerprint density at radius 1 is 1.28 bits per heavy atom. The fourth-order valence-corrected chi connectivity index (χ4v) is 3.58. The molecule has 1 atom stereocenters. The molecule has 4 rings (SSSR count). The standard InChI is InChI=1S/C21H21F3N6O2/c1-20(32)6-7-30(12-20)14-8-17(18(25-10-14)21(22,23)24)28-19(31)16-5-3-4-15(27-16)13-9-26-29(2)11-13/h3-5,8-11,32H,6-7,12H2,1-2H3,(H,28,31)/t20-/m0/s1. The van der Waals surface area contributed by atoms with E-state index in [1.807, 2.05) is 0 Å². The lowest BCUT2D eigenvalue weighted by atomic mass is 10.1. The highest BCUT2D eigenvalue weighted by atomic mass is 19.4. The number of hydrogen-bond acceptors (Lipinski definition) is 6. The van der Waals surface area contributed by atoms with Gasteiger partial charge in [-0.05, 0) is 31.5 Å². The zero-order chi connectivity index (χ0) is 23.1. The molecule has 0 spiro atoms. The average Bonchev–Trinajstić information content (AvgIpc) is 3.32. The minimum absolute atomic E-state index is 0.0472. The lowest BCUT2D eigenvalue weighted by molar-refractivity contribution is -0.140. The number of nitrogens with zero attached hydrogens (tertiary/aromatic N) is 5. The van der Waals surface area contributed by atoms with Gasteiger partial charge in [0.15, 0.2) is 5.69 Å². The summed E-state index contributed by atoms with van der Waals surface area (Å²) in [6.45, 7) is 2.37. The fraction of sp³-hybridized carbons (Fsp3) is 0.333. The Hall–Kier alpha value is -3.47. The maximum atomic E-state index is 13.5. The molecular weight excluding hydrogens is 425 g/mol. The molecule has 3 aromatic heterocycles. The molecule has 1 aliphatic rings. The summed E-state index contributed by atoms with van der Waals surface area (Å²) in [5.41, 5.74) is -1.15. The van der Waals surface area contributed by atoms with Crippen LogP contribution in [0, 0.1) is 0 Å². The smallest absolute Gasteiger partial charge is 0.388 e. The number of halogens is 3. The summed E-state index contributed by atoms with van der Waals surface area (Å²) in [6, 6.07) is 5.91. The number of aromatic nitrogens is 4. The number of hydrogen-bond donors (Lipinski definition) is 2. The highest BCUT2D eigenvalue weighted by Crippen LogP contribution is 2.36. The van der Waals surface area contributed by atoms with Crippen molar-refractivity contribution in [3.8, 4) is 11.3 Å². The second-order valence-corrected chi connectivity index (χ2v) is 8.02. The number of rotatable bonds is 4. The topological polar surface area (TPSA) is 96.2 Å². The molecule has 168 valence electrons. The van der Waals surface area contributed by atoms with Crippen molar-refractivity contribution < 1.29 is 23.1 Å². The van der Waals surface area contributed by atoms with Crippen LogP contribution >= 0.6 is 0 Å². The van der Waals surface area contributed by atoms with Gasteiger partial charge in [-0.25, -0.2) is 9.97 Å². The molecule has 1 aliphatic heterocycles. The number of carbonyl (C=O) groups is 1. The lowest BCUT2D eigenvalue weighted by Crippen LogP contribution is -2.30. The third-order valence-electron chi connectivity index (χ3n) is 5.19. The summed E-state index contributed by atoms with van der Waals surface area (Å²) in [4.78, 5) is 22.3. The summed E-state index contributed by atoms with van der Waals surface area (Å²) in [5.74, 6) is -0.798. The van der Waals surface area contributed by atoms with Crippen LogP contribution in [0.25, 0.3) is 11.3 Å². The van der Waals surface area contributed by atoms with Crippen LogP contribution in [0.5, 0.6) is 0 Å². The van der Waals surface area contributed by atoms with Crippen LogP contribution in [0.4, 0.5) is 24.5 Å². The molecule has 0 aromatic carbocycles. The van der Waals surface area contributed by atoms with Crippen molar-refractivity contribution in [3.05, 3.63) is 54.2 Å². The van der Waals surface area contributed by atoms with Crippen molar-refractivity contribution in [2.75, 3.05) is 23.3 Å². The summed E-state index contributed by atoms with van der Waals surface area (Å²) in [5, 5.41) is 16.5. The SMILES string of the molecule is Cn1cc(-c2cccc(C(=O)Nc3cc(N4CC[C@](C)(O)C4)cnc3C(F)(F)F)n2)cn1. The van der Waals surface area contributed by atoms with Crippen LogP contribution in [0.1, 0.15) is 29.5 Å². The van der Waals surface area contributed by atoms with Crippen LogP contribution < -0.4 is 10.2 Å². The highest BCUT2D eigenvalue weighted by Gasteiger charge is 2.37. The van der Waals surface area contributed by atoms with Gasteiger partial charge in [0.2, 0.25) is 0 Å². The third kappa shape index (κ3) is 4.57. The van der Waals surface area contributed by atoms with E-state index in [0.717, 1.165) is 6.20 Å². The van der Waals surface area contributed by atoms with Crippen molar-refractivity contribution in [2.24, 2.45) is 7.05 Å². The molecule has 2 N–H and O–H groups in total. The van der Waals surface area contributed by atoms with E-state index in [0.29, 0.717) is 29.9 Å². The minimum Gasteiger partial charge on any atom is -0.388 e. The van der Waals surface area contributed by atoms with Gasteiger partial charge in [0.1, 0.15) is 5.69 Å². The number of β-amino-alcohol motifs (C(OH)–C–C–N with tert-alkyl or cyclic N) is 1. The minimum atomic E-state index is -4.76. The first-order valence-corrected chi connectivity index (χ1v) is 9.84. The second-order valence-electron chi connectivity index (χ2n) is 8.02. The number of nitrogens with one attached hydrogen (secondary N) is 1. The van der Waals surface area contributed by atoms with Gasteiger partial charge in [0.05, 0.1) is 35.1 Å². The fourth-order valence-electron chi connectivity index (χ4n) is 3.58. The zero-order valence-electron chi connectivity index (χ0n) is 17.4. The molecule has 3 aromatic rings. The molecule has 0 aliphatic carbocycles. The average molecular weight is 446 g/mol. The summed E-state index contributed by atoms with van der Waals surface area (Å²) >= 11 is 0. The molecule has 0 saturated carbocycles. The van der Waals surface area contributed by atoms with Gasteiger partial charge < -0.3 is 15.3 Å². The molecule has 0 unspecified atom stereocenters. The normalized spacial score (nSPS) is 18.8. The Morgan fingerprint density at radius 3 is 2.69 bits per heavy atom. The molecule has 1 fully saturated rings. The summed E-state index contributed by atoms with van der Waals surface area (Å²) in [7, 11) is 1.73. The predicted molar refractivity (Wildman–Crippen MR) is 111 cm³/mol. The number of anilines is 2. The largest absolute Gasteiger partial charge is 0.435 e. The Balaban J connectivity index is 1.64. The first kappa shape index (κ1) is 21.8. The zero-order valence-corrected chi connectivity index (χ0v) is 17.4. The second kappa shape index (κ2) is 7.90. The number of pyridine rings is 2. The van der Waals surface area contributed by atoms with Crippen molar-refractivity contribution >= 4 is 17.3 Å². The molecule has 0 radical (unpaired) electrons. The van der Waals surface area contributed by atoms with Crippen LogP contribution in [0.2, 0.25) is 0 Å². The predicted octanol–water partition coefficient (Wildman–Crippen LogP) is 3.11. The Morgan fingerprint density at radius 2 is 2.06 bits per heavy atom. The molecular formula is C21H21F3N6O2. The molecule has 8 nitrogen and oxygen atoms in total. The van der Waals surface area contributed by atoms with Gasteiger partial charge in [0, 0.05) is 31.9 Å². The van der Waals surface area contributed by atoms with Gasteiger partial charge in [-0.1, -0.05) is 6.07 Å². The quantitative estimate of drug-likeness (QED) is 0.640. The van der Waals surface area contributed by atoms with E-state index in [9.17, 15) is 23.1 Å². The van der Waals surface area contributed by atoms with E-state index in [4.69, 9.17) is 0 Å². The van der Waals surface area contributed by atoms with Crippen LogP contribution in [-0.2, 0) is 13.2 Å². The van der Waals surface area contributed by atoms with E-state index < -0.39 is 29.1 Å². The van der Waals surface area contributed by atoms with E-state index in [1.165, 1.54) is 12.1 Å². The van der Waals surface area contributed by atoms with Gasteiger partial charge >= 0.3 is 6.18 Å². The number of aliphatic hydroxyl groups is 1. The van der Waals surface area contributed by atoms with Gasteiger partial charge in [-0.3, -0.25) is 9.48 Å². The van der Waals surface area contributed by atoms with E-state index in [-0.39, 0.29) is 12.2 Å². The van der Waals surface area contributed by atoms with Crippen LogP contribution in [0.3, 0.4) is 0 Å². The number of carbonyl (C=O) groups excluding carboxylic acids is 1. The molecule has 1 amide bonds. The number of amides is 1. The highest BCUT2D eigenvalue weighted by molar-refractivity contribution is 6.03. The van der Waals surface area contributed by atoms with E-state index >= 15 is 0 Å². The first-order chi connectivity index (χ1) is 15.0. The molecule has 1 saturated heterocycles. The maximum absolute atomic E-state index is 13.5.